The zero-order valence-corrected chi connectivity index (χ0v) is 12.7. The van der Waals surface area contributed by atoms with E-state index >= 15 is 0 Å². The summed E-state index contributed by atoms with van der Waals surface area (Å²) in [4.78, 5) is 5.16. The highest BCUT2D eigenvalue weighted by Crippen LogP contribution is 2.24. The van der Waals surface area contributed by atoms with Gasteiger partial charge < -0.3 is 14.5 Å². The number of aromatic nitrogens is 2. The van der Waals surface area contributed by atoms with Crippen LogP contribution < -0.4 is 0 Å². The Hall–Kier alpha value is -1.27. The van der Waals surface area contributed by atoms with Crippen LogP contribution in [0.1, 0.15) is 26.8 Å². The van der Waals surface area contributed by atoms with Crippen LogP contribution in [0.5, 0.6) is 0 Å². The summed E-state index contributed by atoms with van der Waals surface area (Å²) in [6, 6.07) is 2.60. The lowest BCUT2D eigenvalue weighted by Gasteiger charge is -2.24. The summed E-state index contributed by atoms with van der Waals surface area (Å²) in [7, 11) is 0. The largest absolute Gasteiger partial charge is 0.330 e. The molecular weight excluding hydrogens is 280 g/mol. The number of hydrogen-bond donors (Lipinski definition) is 1. The van der Waals surface area contributed by atoms with Gasteiger partial charge in [0.05, 0.1) is 5.52 Å². The number of halogens is 2. The predicted molar refractivity (Wildman–Crippen MR) is 79.5 cm³/mol. The van der Waals surface area contributed by atoms with Crippen molar-refractivity contribution in [2.45, 2.75) is 26.8 Å². The molecule has 0 radical (unpaired) electrons. The van der Waals surface area contributed by atoms with Gasteiger partial charge in [-0.2, -0.15) is 0 Å². The van der Waals surface area contributed by atoms with Crippen molar-refractivity contribution in [3.8, 4) is 0 Å². The minimum atomic E-state index is -0.852. The lowest BCUT2D eigenvalue weighted by Crippen LogP contribution is -2.29. The molecule has 0 amide bonds. The number of fused-ring (bicyclic) bond motifs is 1. The molecule has 0 fully saturated rings. The SMILES string of the molecule is CCN(CC)CC(C)n1c(=S)[nH]c2ccc(F)c(F)c21. The van der Waals surface area contributed by atoms with Crippen LogP contribution in [-0.4, -0.2) is 34.1 Å². The first-order valence-electron chi connectivity index (χ1n) is 6.80. The molecule has 1 atom stereocenters. The summed E-state index contributed by atoms with van der Waals surface area (Å²) >= 11 is 5.26. The number of hydrogen-bond acceptors (Lipinski definition) is 2. The molecule has 0 bridgehead atoms. The van der Waals surface area contributed by atoms with E-state index in [1.54, 1.807) is 4.57 Å². The van der Waals surface area contributed by atoms with Crippen LogP contribution in [-0.2, 0) is 0 Å². The van der Waals surface area contributed by atoms with Gasteiger partial charge >= 0.3 is 0 Å². The second kappa shape index (κ2) is 6.01. The molecule has 1 aromatic heterocycles. The average Bonchev–Trinajstić information content (AvgIpc) is 2.77. The first kappa shape index (κ1) is 15.1. The molecule has 6 heteroatoms. The van der Waals surface area contributed by atoms with Crippen LogP contribution in [0.3, 0.4) is 0 Å². The highest BCUT2D eigenvalue weighted by molar-refractivity contribution is 7.71. The molecule has 1 N–H and O–H groups in total. The van der Waals surface area contributed by atoms with Crippen LogP contribution in [0, 0.1) is 16.4 Å². The molecule has 2 rings (SSSR count). The zero-order chi connectivity index (χ0) is 14.9. The number of nitrogens with one attached hydrogen (secondary N) is 1. The van der Waals surface area contributed by atoms with E-state index in [-0.39, 0.29) is 11.6 Å². The zero-order valence-electron chi connectivity index (χ0n) is 11.9. The van der Waals surface area contributed by atoms with Crippen molar-refractivity contribution >= 4 is 23.3 Å². The number of rotatable bonds is 5. The Balaban J connectivity index is 2.50. The molecule has 3 nitrogen and oxygen atoms in total. The van der Waals surface area contributed by atoms with E-state index in [2.05, 4.69) is 23.7 Å². The molecule has 0 spiro atoms. The quantitative estimate of drug-likeness (QED) is 0.847. The topological polar surface area (TPSA) is 24.0 Å². The van der Waals surface area contributed by atoms with E-state index in [9.17, 15) is 8.78 Å². The van der Waals surface area contributed by atoms with E-state index in [0.717, 1.165) is 25.7 Å². The van der Waals surface area contributed by atoms with Crippen LogP contribution in [0.15, 0.2) is 12.1 Å². The van der Waals surface area contributed by atoms with E-state index in [1.165, 1.54) is 6.07 Å². The smallest absolute Gasteiger partial charge is 0.184 e. The van der Waals surface area contributed by atoms with Gasteiger partial charge in [0.15, 0.2) is 16.4 Å². The van der Waals surface area contributed by atoms with Gasteiger partial charge in [0.2, 0.25) is 0 Å². The van der Waals surface area contributed by atoms with Crippen molar-refractivity contribution < 1.29 is 8.78 Å². The predicted octanol–water partition coefficient (Wildman–Crippen LogP) is 3.88. The van der Waals surface area contributed by atoms with Crippen molar-refractivity contribution in [2.24, 2.45) is 0 Å². The van der Waals surface area contributed by atoms with Crippen molar-refractivity contribution in [3.05, 3.63) is 28.5 Å². The Morgan fingerprint density at radius 2 is 1.95 bits per heavy atom. The van der Waals surface area contributed by atoms with Gasteiger partial charge in [-0.05, 0) is 44.4 Å². The highest BCUT2D eigenvalue weighted by atomic mass is 32.1. The first-order chi connectivity index (χ1) is 9.49. The molecule has 2 aromatic rings. The van der Waals surface area contributed by atoms with Gasteiger partial charge in [0.25, 0.3) is 0 Å². The normalized spacial score (nSPS) is 13.3. The first-order valence-corrected chi connectivity index (χ1v) is 7.20. The summed E-state index contributed by atoms with van der Waals surface area (Å²) in [5, 5.41) is 0. The van der Waals surface area contributed by atoms with Gasteiger partial charge in [0, 0.05) is 12.6 Å². The monoisotopic (exact) mass is 299 g/mol. The second-order valence-corrected chi connectivity index (χ2v) is 5.28. The summed E-state index contributed by atoms with van der Waals surface area (Å²) in [5.74, 6) is -1.70. The van der Waals surface area contributed by atoms with Gasteiger partial charge in [-0.1, -0.05) is 13.8 Å². The van der Waals surface area contributed by atoms with E-state index in [0.29, 0.717) is 10.3 Å². The molecule has 0 saturated heterocycles. The van der Waals surface area contributed by atoms with Crippen molar-refractivity contribution in [3.63, 3.8) is 0 Å². The average molecular weight is 299 g/mol. The molecule has 0 saturated carbocycles. The molecule has 1 unspecified atom stereocenters. The minimum Gasteiger partial charge on any atom is -0.330 e. The maximum Gasteiger partial charge on any atom is 0.184 e. The van der Waals surface area contributed by atoms with E-state index in [1.807, 2.05) is 6.92 Å². The summed E-state index contributed by atoms with van der Waals surface area (Å²) in [6.07, 6.45) is 0. The fourth-order valence-electron chi connectivity index (χ4n) is 2.51. The van der Waals surface area contributed by atoms with Gasteiger partial charge in [-0.25, -0.2) is 8.78 Å². The van der Waals surface area contributed by atoms with Crippen molar-refractivity contribution in [1.82, 2.24) is 14.5 Å². The molecule has 1 heterocycles. The minimum absolute atomic E-state index is 0.0348. The van der Waals surface area contributed by atoms with Gasteiger partial charge in [-0.3, -0.25) is 0 Å². The summed E-state index contributed by atoms with van der Waals surface area (Å²) < 4.78 is 29.6. The second-order valence-electron chi connectivity index (χ2n) is 4.89. The summed E-state index contributed by atoms with van der Waals surface area (Å²) in [5.41, 5.74) is 0.745. The fraction of sp³-hybridized carbons (Fsp3) is 0.500. The number of aromatic amines is 1. The number of likely N-dealkylation sites (N-methyl/N-ethyl adjacent to an activating group) is 1. The maximum atomic E-state index is 14.1. The number of imidazole rings is 1. The maximum absolute atomic E-state index is 14.1. The van der Waals surface area contributed by atoms with Crippen molar-refractivity contribution in [2.75, 3.05) is 19.6 Å². The third kappa shape index (κ3) is 2.62. The molecule has 0 aliphatic rings. The molecule has 0 aliphatic heterocycles. The fourth-order valence-corrected chi connectivity index (χ4v) is 2.89. The van der Waals surface area contributed by atoms with Gasteiger partial charge in [-0.15, -0.1) is 0 Å². The van der Waals surface area contributed by atoms with Crippen LogP contribution in [0.4, 0.5) is 8.78 Å². The molecular formula is C14H19F2N3S. The third-order valence-corrected chi connectivity index (χ3v) is 3.93. The molecule has 110 valence electrons. The van der Waals surface area contributed by atoms with Crippen molar-refractivity contribution in [1.29, 1.82) is 0 Å². The van der Waals surface area contributed by atoms with Crippen LogP contribution in [0.25, 0.3) is 11.0 Å². The van der Waals surface area contributed by atoms with E-state index < -0.39 is 11.6 Å². The molecule has 1 aromatic carbocycles. The Labute approximate surface area is 122 Å². The standard InChI is InChI=1S/C14H19F2N3S/c1-4-18(5-2)8-9(3)19-13-11(17-14(19)20)7-6-10(15)12(13)16/h6-7,9H,4-5,8H2,1-3H3,(H,17,20). The number of nitrogens with zero attached hydrogens (tertiary/aromatic N) is 2. The van der Waals surface area contributed by atoms with Crippen LogP contribution in [0.2, 0.25) is 0 Å². The van der Waals surface area contributed by atoms with E-state index in [4.69, 9.17) is 12.2 Å². The third-order valence-electron chi connectivity index (χ3n) is 3.63. The lowest BCUT2D eigenvalue weighted by molar-refractivity contribution is 0.262. The molecule has 0 aliphatic carbocycles. The Morgan fingerprint density at radius 3 is 2.55 bits per heavy atom. The number of benzene rings is 1. The Bertz CT molecular complexity index is 658. The molecule has 20 heavy (non-hydrogen) atoms. The van der Waals surface area contributed by atoms with Crippen LogP contribution >= 0.6 is 12.2 Å². The summed E-state index contributed by atoms with van der Waals surface area (Å²) in [6.45, 7) is 8.67. The lowest BCUT2D eigenvalue weighted by atomic mass is 10.2. The van der Waals surface area contributed by atoms with Gasteiger partial charge in [0.1, 0.15) is 5.52 Å². The Kier molecular flexibility index (Phi) is 4.55. The number of H-pyrrole nitrogens is 1. The Morgan fingerprint density at radius 1 is 1.30 bits per heavy atom. The highest BCUT2D eigenvalue weighted by Gasteiger charge is 2.18.